The smallest absolute Gasteiger partial charge is 0.224 e. The van der Waals surface area contributed by atoms with Crippen LogP contribution in [-0.2, 0) is 6.54 Å². The topological polar surface area (TPSA) is 41.5 Å². The van der Waals surface area contributed by atoms with Gasteiger partial charge in [0.1, 0.15) is 18.0 Å². The molecule has 0 atom stereocenters. The van der Waals surface area contributed by atoms with Gasteiger partial charge < -0.3 is 9.64 Å². The first-order valence-corrected chi connectivity index (χ1v) is 9.13. The molecule has 28 heavy (non-hydrogen) atoms. The zero-order valence-electron chi connectivity index (χ0n) is 15.3. The predicted octanol–water partition coefficient (Wildman–Crippen LogP) is 3.87. The monoisotopic (exact) mass is 382 g/mol. The summed E-state index contributed by atoms with van der Waals surface area (Å²) in [5.74, 6) is 0.547. The summed E-state index contributed by atoms with van der Waals surface area (Å²) in [6.07, 6.45) is 1.43. The second-order valence-electron chi connectivity index (χ2n) is 6.64. The van der Waals surface area contributed by atoms with Crippen molar-refractivity contribution in [3.8, 4) is 11.6 Å². The first-order valence-electron chi connectivity index (χ1n) is 9.13. The fourth-order valence-corrected chi connectivity index (χ4v) is 3.18. The number of nitrogens with zero attached hydrogens (tertiary/aromatic N) is 4. The molecular weight excluding hydrogens is 362 g/mol. The van der Waals surface area contributed by atoms with Crippen molar-refractivity contribution in [3.05, 3.63) is 78.1 Å². The van der Waals surface area contributed by atoms with Crippen LogP contribution < -0.4 is 9.64 Å². The Balaban J connectivity index is 1.37. The summed E-state index contributed by atoms with van der Waals surface area (Å²) in [6.45, 7) is 4.13. The Morgan fingerprint density at radius 1 is 0.893 bits per heavy atom. The minimum atomic E-state index is -0.433. The summed E-state index contributed by atoms with van der Waals surface area (Å²) in [5, 5.41) is 0. The highest BCUT2D eigenvalue weighted by atomic mass is 19.1. The van der Waals surface area contributed by atoms with E-state index in [2.05, 4.69) is 19.8 Å². The molecule has 2 heterocycles. The van der Waals surface area contributed by atoms with Crippen molar-refractivity contribution in [2.75, 3.05) is 31.1 Å². The number of benzene rings is 2. The Morgan fingerprint density at radius 3 is 2.39 bits per heavy atom. The van der Waals surface area contributed by atoms with E-state index in [0.717, 1.165) is 44.1 Å². The molecule has 1 aromatic heterocycles. The summed E-state index contributed by atoms with van der Waals surface area (Å²) in [6, 6.07) is 14.6. The van der Waals surface area contributed by atoms with Crippen molar-refractivity contribution >= 4 is 5.82 Å². The van der Waals surface area contributed by atoms with Crippen LogP contribution in [0.1, 0.15) is 5.56 Å². The molecule has 0 radical (unpaired) electrons. The summed E-state index contributed by atoms with van der Waals surface area (Å²) < 4.78 is 32.4. The highest BCUT2D eigenvalue weighted by Crippen LogP contribution is 2.25. The van der Waals surface area contributed by atoms with Gasteiger partial charge in [-0.3, -0.25) is 4.90 Å². The second kappa shape index (κ2) is 8.31. The highest BCUT2D eigenvalue weighted by Gasteiger charge is 2.19. The third-order valence-corrected chi connectivity index (χ3v) is 4.69. The Kier molecular flexibility index (Phi) is 5.43. The van der Waals surface area contributed by atoms with Crippen molar-refractivity contribution < 1.29 is 13.5 Å². The third-order valence-electron chi connectivity index (χ3n) is 4.69. The first kappa shape index (κ1) is 18.3. The van der Waals surface area contributed by atoms with Crippen LogP contribution in [0.15, 0.2) is 60.9 Å². The average molecular weight is 382 g/mol. The molecule has 0 amide bonds. The minimum absolute atomic E-state index is 0.135. The van der Waals surface area contributed by atoms with Gasteiger partial charge in [-0.25, -0.2) is 18.7 Å². The largest absolute Gasteiger partial charge is 0.436 e. The van der Waals surface area contributed by atoms with Gasteiger partial charge in [0.15, 0.2) is 11.6 Å². The quantitative estimate of drug-likeness (QED) is 0.670. The van der Waals surface area contributed by atoms with Crippen molar-refractivity contribution in [1.82, 2.24) is 14.9 Å². The molecule has 1 aliphatic heterocycles. The van der Waals surface area contributed by atoms with Crippen molar-refractivity contribution in [3.63, 3.8) is 0 Å². The van der Waals surface area contributed by atoms with Gasteiger partial charge in [0.05, 0.1) is 0 Å². The van der Waals surface area contributed by atoms with Crippen LogP contribution >= 0.6 is 0 Å². The van der Waals surface area contributed by atoms with Crippen molar-refractivity contribution in [2.24, 2.45) is 0 Å². The van der Waals surface area contributed by atoms with Gasteiger partial charge in [-0.1, -0.05) is 24.3 Å². The predicted molar refractivity (Wildman–Crippen MR) is 102 cm³/mol. The fraction of sp³-hybridized carbons (Fsp3) is 0.238. The van der Waals surface area contributed by atoms with Gasteiger partial charge in [-0.2, -0.15) is 0 Å². The molecule has 0 saturated carbocycles. The molecule has 1 aliphatic rings. The molecule has 0 unspecified atom stereocenters. The maximum atomic E-state index is 13.8. The third kappa shape index (κ3) is 4.43. The molecule has 4 rings (SSSR count). The summed E-state index contributed by atoms with van der Waals surface area (Å²) in [7, 11) is 0. The molecule has 0 bridgehead atoms. The summed E-state index contributed by atoms with van der Waals surface area (Å²) in [5.41, 5.74) is 1.09. The van der Waals surface area contributed by atoms with Crippen LogP contribution in [0.5, 0.6) is 11.6 Å². The Morgan fingerprint density at radius 2 is 1.64 bits per heavy atom. The van der Waals surface area contributed by atoms with Crippen LogP contribution in [0.3, 0.4) is 0 Å². The maximum absolute atomic E-state index is 13.8. The molecule has 2 aromatic carbocycles. The number of hydrogen-bond acceptors (Lipinski definition) is 5. The number of rotatable bonds is 5. The summed E-state index contributed by atoms with van der Waals surface area (Å²) >= 11 is 0. The molecule has 1 saturated heterocycles. The zero-order valence-corrected chi connectivity index (χ0v) is 15.3. The number of para-hydroxylation sites is 1. The summed E-state index contributed by atoms with van der Waals surface area (Å²) in [4.78, 5) is 12.9. The SMILES string of the molecule is Fc1ccc(CN2CCN(c3cc(Oc4ccccc4F)ncn3)CC2)cc1. The minimum Gasteiger partial charge on any atom is -0.436 e. The standard InChI is InChI=1S/C21H20F2N4O/c22-17-7-5-16(6-8-17)14-26-9-11-27(12-10-26)20-13-21(25-15-24-20)28-19-4-2-1-3-18(19)23/h1-8,13,15H,9-12,14H2. The van der Waals surface area contributed by atoms with Crippen molar-refractivity contribution in [2.45, 2.75) is 6.54 Å². The average Bonchev–Trinajstić information content (AvgIpc) is 2.72. The number of ether oxygens (including phenoxy) is 1. The molecule has 0 N–H and O–H groups in total. The van der Waals surface area contributed by atoms with Gasteiger partial charge >= 0.3 is 0 Å². The molecule has 7 heteroatoms. The number of aromatic nitrogens is 2. The molecular formula is C21H20F2N4O. The molecule has 1 fully saturated rings. The zero-order chi connectivity index (χ0) is 19.3. The number of halogens is 2. The molecule has 0 aliphatic carbocycles. The first-order chi connectivity index (χ1) is 13.7. The normalized spacial score (nSPS) is 14.9. The van der Waals surface area contributed by atoms with Crippen LogP contribution in [0.25, 0.3) is 0 Å². The number of hydrogen-bond donors (Lipinski definition) is 0. The van der Waals surface area contributed by atoms with E-state index in [0.29, 0.717) is 5.88 Å². The van der Waals surface area contributed by atoms with Crippen LogP contribution in [0.2, 0.25) is 0 Å². The lowest BCUT2D eigenvalue weighted by Crippen LogP contribution is -2.46. The van der Waals surface area contributed by atoms with Crippen molar-refractivity contribution in [1.29, 1.82) is 0 Å². The van der Waals surface area contributed by atoms with Gasteiger partial charge in [0.2, 0.25) is 5.88 Å². The molecule has 5 nitrogen and oxygen atoms in total. The fourth-order valence-electron chi connectivity index (χ4n) is 3.18. The lowest BCUT2D eigenvalue weighted by molar-refractivity contribution is 0.249. The van der Waals surface area contributed by atoms with Gasteiger partial charge in [0, 0.05) is 38.8 Å². The number of anilines is 1. The van der Waals surface area contributed by atoms with E-state index in [-0.39, 0.29) is 11.6 Å². The molecule has 0 spiro atoms. The van der Waals surface area contributed by atoms with E-state index >= 15 is 0 Å². The van der Waals surface area contributed by atoms with Gasteiger partial charge in [-0.15, -0.1) is 0 Å². The highest BCUT2D eigenvalue weighted by molar-refractivity contribution is 5.42. The lowest BCUT2D eigenvalue weighted by atomic mass is 10.2. The van der Waals surface area contributed by atoms with E-state index in [1.807, 2.05) is 12.1 Å². The lowest BCUT2D eigenvalue weighted by Gasteiger charge is -2.35. The van der Waals surface area contributed by atoms with E-state index < -0.39 is 5.82 Å². The molecule has 3 aromatic rings. The van der Waals surface area contributed by atoms with Gasteiger partial charge in [-0.05, 0) is 29.8 Å². The van der Waals surface area contributed by atoms with E-state index in [1.54, 1.807) is 24.3 Å². The van der Waals surface area contributed by atoms with E-state index in [9.17, 15) is 8.78 Å². The van der Waals surface area contributed by atoms with E-state index in [4.69, 9.17) is 4.74 Å². The maximum Gasteiger partial charge on any atom is 0.224 e. The Bertz CT molecular complexity index is 928. The Labute approximate surface area is 162 Å². The van der Waals surface area contributed by atoms with Crippen LogP contribution in [0.4, 0.5) is 14.6 Å². The Hall–Kier alpha value is -3.06. The number of piperazine rings is 1. The van der Waals surface area contributed by atoms with Crippen LogP contribution in [-0.4, -0.2) is 41.0 Å². The second-order valence-corrected chi connectivity index (χ2v) is 6.64. The van der Waals surface area contributed by atoms with Gasteiger partial charge in [0.25, 0.3) is 0 Å². The van der Waals surface area contributed by atoms with Crippen LogP contribution in [0, 0.1) is 11.6 Å². The molecule has 144 valence electrons. The van der Waals surface area contributed by atoms with E-state index in [1.165, 1.54) is 24.5 Å².